The van der Waals surface area contributed by atoms with Crippen LogP contribution >= 0.6 is 11.6 Å². The van der Waals surface area contributed by atoms with Crippen LogP contribution in [0.1, 0.15) is 5.56 Å². The third-order valence-corrected chi connectivity index (χ3v) is 3.10. The Morgan fingerprint density at radius 1 is 1.45 bits per heavy atom. The minimum atomic E-state index is -0.321. The van der Waals surface area contributed by atoms with Gasteiger partial charge in [0.05, 0.1) is 18.4 Å². The van der Waals surface area contributed by atoms with Crippen LogP contribution in [0.15, 0.2) is 48.2 Å². The van der Waals surface area contributed by atoms with Gasteiger partial charge in [-0.2, -0.15) is 5.10 Å². The first kappa shape index (κ1) is 14.3. The maximum Gasteiger partial charge on any atom is 0.287 e. The van der Waals surface area contributed by atoms with E-state index in [-0.39, 0.29) is 10.6 Å². The van der Waals surface area contributed by atoms with Gasteiger partial charge < -0.3 is 5.32 Å². The number of allylic oxidation sites excluding steroid dienone is 1. The molecule has 20 heavy (non-hydrogen) atoms. The molecule has 0 radical (unpaired) electrons. The minimum absolute atomic E-state index is 0.146. The van der Waals surface area contributed by atoms with Crippen molar-refractivity contribution in [2.24, 2.45) is 0 Å². The number of nitrogens with zero attached hydrogens (tertiary/aromatic N) is 3. The maximum atomic E-state index is 11.9. The molecule has 2 aromatic rings. The van der Waals surface area contributed by atoms with E-state index in [0.717, 1.165) is 12.0 Å². The molecule has 5 nitrogen and oxygen atoms in total. The molecular formula is C14H15ClN4O. The fourth-order valence-electron chi connectivity index (χ4n) is 1.73. The quantitative estimate of drug-likeness (QED) is 0.828. The number of halogens is 1. The second-order valence-corrected chi connectivity index (χ2v) is 4.56. The zero-order valence-electron chi connectivity index (χ0n) is 10.9. The fourth-order valence-corrected chi connectivity index (χ4v) is 1.94. The minimum Gasteiger partial charge on any atom is -0.382 e. The van der Waals surface area contributed by atoms with E-state index in [1.807, 2.05) is 18.3 Å². The third kappa shape index (κ3) is 3.45. The van der Waals surface area contributed by atoms with Crippen LogP contribution in [0.2, 0.25) is 5.02 Å². The van der Waals surface area contributed by atoms with Crippen LogP contribution in [-0.2, 0) is 13.0 Å². The summed E-state index contributed by atoms with van der Waals surface area (Å²) in [6, 6.07) is 3.89. The predicted octanol–water partition coefficient (Wildman–Crippen LogP) is 2.13. The normalized spacial score (nSPS) is 10.2. The predicted molar refractivity (Wildman–Crippen MR) is 80.1 cm³/mol. The van der Waals surface area contributed by atoms with Gasteiger partial charge in [-0.3, -0.25) is 9.78 Å². The summed E-state index contributed by atoms with van der Waals surface area (Å²) in [7, 11) is 0. The summed E-state index contributed by atoms with van der Waals surface area (Å²) in [6.45, 7) is 4.56. The van der Waals surface area contributed by atoms with Crippen LogP contribution in [0, 0.1) is 0 Å². The van der Waals surface area contributed by atoms with E-state index in [0.29, 0.717) is 18.8 Å². The van der Waals surface area contributed by atoms with Crippen LogP contribution in [0.5, 0.6) is 0 Å². The molecule has 0 atom stereocenters. The average molecular weight is 291 g/mol. The van der Waals surface area contributed by atoms with Gasteiger partial charge in [0.15, 0.2) is 0 Å². The second-order valence-electron chi connectivity index (χ2n) is 4.19. The lowest BCUT2D eigenvalue weighted by molar-refractivity contribution is 0.653. The SMILES string of the molecule is C=CCn1ncc(NCCc2cccnc2)c(Cl)c1=O. The molecule has 0 aromatic carbocycles. The van der Waals surface area contributed by atoms with E-state index in [9.17, 15) is 4.79 Å². The molecular weight excluding hydrogens is 276 g/mol. The van der Waals surface area contributed by atoms with Crippen LogP contribution in [0.25, 0.3) is 0 Å². The molecule has 0 amide bonds. The zero-order chi connectivity index (χ0) is 14.4. The van der Waals surface area contributed by atoms with Crippen LogP contribution in [0.4, 0.5) is 5.69 Å². The first-order valence-electron chi connectivity index (χ1n) is 6.21. The van der Waals surface area contributed by atoms with E-state index in [4.69, 9.17) is 11.6 Å². The van der Waals surface area contributed by atoms with E-state index in [1.165, 1.54) is 4.68 Å². The topological polar surface area (TPSA) is 59.8 Å². The summed E-state index contributed by atoms with van der Waals surface area (Å²) in [4.78, 5) is 15.9. The van der Waals surface area contributed by atoms with Crippen molar-refractivity contribution in [1.82, 2.24) is 14.8 Å². The highest BCUT2D eigenvalue weighted by Gasteiger charge is 2.07. The number of aromatic nitrogens is 3. The Balaban J connectivity index is 2.02. The van der Waals surface area contributed by atoms with Gasteiger partial charge in [-0.25, -0.2) is 4.68 Å². The van der Waals surface area contributed by atoms with E-state index in [1.54, 1.807) is 18.5 Å². The van der Waals surface area contributed by atoms with Gasteiger partial charge in [-0.15, -0.1) is 6.58 Å². The standard InChI is InChI=1S/C14H15ClN4O/c1-2-8-19-14(20)13(15)12(10-18-19)17-7-5-11-4-3-6-16-9-11/h2-4,6,9-10,17H,1,5,7-8H2. The molecule has 0 unspecified atom stereocenters. The zero-order valence-corrected chi connectivity index (χ0v) is 11.7. The molecule has 2 heterocycles. The van der Waals surface area contributed by atoms with Gasteiger partial charge >= 0.3 is 0 Å². The molecule has 0 aliphatic carbocycles. The highest BCUT2D eigenvalue weighted by atomic mass is 35.5. The molecule has 0 saturated carbocycles. The maximum absolute atomic E-state index is 11.9. The Bertz CT molecular complexity index is 639. The van der Waals surface area contributed by atoms with Gasteiger partial charge in [-0.05, 0) is 18.1 Å². The van der Waals surface area contributed by atoms with Crippen molar-refractivity contribution in [3.05, 3.63) is 64.3 Å². The second kappa shape index (κ2) is 6.86. The largest absolute Gasteiger partial charge is 0.382 e. The van der Waals surface area contributed by atoms with E-state index < -0.39 is 0 Å². The Morgan fingerprint density at radius 2 is 2.30 bits per heavy atom. The molecule has 6 heteroatoms. The molecule has 0 aliphatic rings. The number of pyridine rings is 1. The number of hydrogen-bond donors (Lipinski definition) is 1. The van der Waals surface area contributed by atoms with Gasteiger partial charge in [0, 0.05) is 18.9 Å². The van der Waals surface area contributed by atoms with Crippen molar-refractivity contribution >= 4 is 17.3 Å². The highest BCUT2D eigenvalue weighted by molar-refractivity contribution is 6.32. The molecule has 0 saturated heterocycles. The molecule has 2 aromatic heterocycles. The third-order valence-electron chi connectivity index (χ3n) is 2.74. The van der Waals surface area contributed by atoms with Crippen LogP contribution in [0.3, 0.4) is 0 Å². The molecule has 0 bridgehead atoms. The van der Waals surface area contributed by atoms with Crippen LogP contribution < -0.4 is 10.9 Å². The molecule has 0 aliphatic heterocycles. The van der Waals surface area contributed by atoms with Crippen molar-refractivity contribution in [2.75, 3.05) is 11.9 Å². The molecule has 0 fully saturated rings. The Labute approximate surface area is 121 Å². The Hall–Kier alpha value is -2.14. The first-order chi connectivity index (χ1) is 9.72. The van der Waals surface area contributed by atoms with Gasteiger partial charge in [0.1, 0.15) is 5.02 Å². The smallest absolute Gasteiger partial charge is 0.287 e. The summed E-state index contributed by atoms with van der Waals surface area (Å²) < 4.78 is 1.27. The van der Waals surface area contributed by atoms with Crippen LogP contribution in [-0.4, -0.2) is 21.3 Å². The summed E-state index contributed by atoms with van der Waals surface area (Å²) >= 11 is 6.03. The average Bonchev–Trinajstić information content (AvgIpc) is 2.48. The highest BCUT2D eigenvalue weighted by Crippen LogP contribution is 2.15. The van der Waals surface area contributed by atoms with Crippen molar-refractivity contribution in [1.29, 1.82) is 0 Å². The fraction of sp³-hybridized carbons (Fsp3) is 0.214. The van der Waals surface area contributed by atoms with Crippen molar-refractivity contribution in [3.63, 3.8) is 0 Å². The lowest BCUT2D eigenvalue weighted by Gasteiger charge is -2.09. The lowest BCUT2D eigenvalue weighted by atomic mass is 10.2. The Morgan fingerprint density at radius 3 is 3.00 bits per heavy atom. The molecule has 0 spiro atoms. The van der Waals surface area contributed by atoms with Gasteiger partial charge in [0.25, 0.3) is 5.56 Å². The Kier molecular flexibility index (Phi) is 4.90. The number of rotatable bonds is 6. The molecule has 104 valence electrons. The summed E-state index contributed by atoms with van der Waals surface area (Å²) in [6.07, 6.45) is 7.48. The summed E-state index contributed by atoms with van der Waals surface area (Å²) in [5.41, 5.74) is 1.34. The number of anilines is 1. The van der Waals surface area contributed by atoms with Crippen molar-refractivity contribution in [2.45, 2.75) is 13.0 Å². The van der Waals surface area contributed by atoms with Gasteiger partial charge in [0.2, 0.25) is 0 Å². The van der Waals surface area contributed by atoms with Crippen molar-refractivity contribution in [3.8, 4) is 0 Å². The molecule has 1 N–H and O–H groups in total. The van der Waals surface area contributed by atoms with E-state index in [2.05, 4.69) is 22.0 Å². The molecule has 2 rings (SSSR count). The van der Waals surface area contributed by atoms with Gasteiger partial charge in [-0.1, -0.05) is 23.7 Å². The lowest BCUT2D eigenvalue weighted by Crippen LogP contribution is -2.24. The monoisotopic (exact) mass is 290 g/mol. The van der Waals surface area contributed by atoms with Crippen molar-refractivity contribution < 1.29 is 0 Å². The van der Waals surface area contributed by atoms with E-state index >= 15 is 0 Å². The first-order valence-corrected chi connectivity index (χ1v) is 6.59. The summed E-state index contributed by atoms with van der Waals surface area (Å²) in [5.74, 6) is 0. The number of nitrogens with one attached hydrogen (secondary N) is 1. The summed E-state index contributed by atoms with van der Waals surface area (Å²) in [5, 5.41) is 7.28. The number of hydrogen-bond acceptors (Lipinski definition) is 4.